The lowest BCUT2D eigenvalue weighted by atomic mass is 10.1. The Hall–Kier alpha value is -2.49. The lowest BCUT2D eigenvalue weighted by Crippen LogP contribution is -2.29. The maximum Gasteiger partial charge on any atom is 0.453 e. The van der Waals surface area contributed by atoms with Crippen LogP contribution in [0.4, 0.5) is 13.2 Å². The summed E-state index contributed by atoms with van der Waals surface area (Å²) >= 11 is 0. The Labute approximate surface area is 154 Å². The molecule has 3 heterocycles. The Kier molecular flexibility index (Phi) is 5.45. The average molecular weight is 382 g/mol. The van der Waals surface area contributed by atoms with Gasteiger partial charge in [0.2, 0.25) is 5.91 Å². The van der Waals surface area contributed by atoms with Crippen LogP contribution < -0.4 is 10.6 Å². The van der Waals surface area contributed by atoms with E-state index in [1.54, 1.807) is 13.8 Å². The molecule has 0 aromatic carbocycles. The summed E-state index contributed by atoms with van der Waals surface area (Å²) in [5, 5.41) is 9.61. The summed E-state index contributed by atoms with van der Waals surface area (Å²) in [5.74, 6) is -1.42. The van der Waals surface area contributed by atoms with E-state index in [9.17, 15) is 18.0 Å². The molecule has 146 valence electrons. The molecule has 0 saturated carbocycles. The van der Waals surface area contributed by atoms with Crippen molar-refractivity contribution in [2.75, 3.05) is 19.6 Å². The van der Waals surface area contributed by atoms with Gasteiger partial charge >= 0.3 is 6.18 Å². The van der Waals surface area contributed by atoms with Gasteiger partial charge in [0.1, 0.15) is 0 Å². The summed E-state index contributed by atoms with van der Waals surface area (Å²) < 4.78 is 39.6. The maximum atomic E-state index is 12.8. The Morgan fingerprint density at radius 2 is 2.11 bits per heavy atom. The number of hydrogen-bond donors (Lipinski definition) is 2. The van der Waals surface area contributed by atoms with E-state index in [2.05, 4.69) is 31.8 Å². The number of aryl methyl sites for hydroxylation is 2. The Balaban J connectivity index is 1.69. The lowest BCUT2D eigenvalue weighted by molar-refractivity contribution is -0.144. The van der Waals surface area contributed by atoms with Crippen LogP contribution in [0, 0.1) is 13.8 Å². The van der Waals surface area contributed by atoms with Gasteiger partial charge in [-0.1, -0.05) is 11.6 Å². The number of nitrogens with one attached hydrogen (secondary N) is 2. The smallest absolute Gasteiger partial charge is 0.352 e. The van der Waals surface area contributed by atoms with Gasteiger partial charge in [0.15, 0.2) is 0 Å². The highest BCUT2D eigenvalue weighted by Gasteiger charge is 2.36. The Morgan fingerprint density at radius 1 is 1.33 bits per heavy atom. The van der Waals surface area contributed by atoms with Gasteiger partial charge < -0.3 is 10.6 Å². The molecule has 1 aliphatic rings. The number of rotatable bonds is 5. The van der Waals surface area contributed by atoms with Crippen LogP contribution >= 0.6 is 0 Å². The predicted molar refractivity (Wildman–Crippen MR) is 92.2 cm³/mol. The number of halogens is 3. The van der Waals surface area contributed by atoms with Crippen LogP contribution in [0.1, 0.15) is 35.6 Å². The molecule has 0 fully saturated rings. The largest absolute Gasteiger partial charge is 0.453 e. The molecule has 0 aliphatic carbocycles. The third-order valence-corrected chi connectivity index (χ3v) is 4.58. The molecular weight excluding hydrogens is 361 g/mol. The van der Waals surface area contributed by atoms with Crippen molar-refractivity contribution in [1.29, 1.82) is 0 Å². The Morgan fingerprint density at radius 3 is 2.78 bits per heavy atom. The van der Waals surface area contributed by atoms with Gasteiger partial charge in [0.25, 0.3) is 11.6 Å². The van der Waals surface area contributed by atoms with Gasteiger partial charge in [0, 0.05) is 30.9 Å². The molecule has 2 N–H and O–H groups in total. The summed E-state index contributed by atoms with van der Waals surface area (Å²) in [4.78, 5) is 19.7. The van der Waals surface area contributed by atoms with Crippen LogP contribution in [0.15, 0.2) is 11.6 Å². The lowest BCUT2D eigenvalue weighted by Gasteiger charge is -2.15. The van der Waals surface area contributed by atoms with Crippen molar-refractivity contribution in [2.24, 2.45) is 0 Å². The van der Waals surface area contributed by atoms with Crippen molar-refractivity contribution in [3.05, 3.63) is 34.4 Å². The van der Waals surface area contributed by atoms with Crippen LogP contribution in [0.25, 0.3) is 5.78 Å². The summed E-state index contributed by atoms with van der Waals surface area (Å²) in [5.41, 5.74) is 2.96. The minimum Gasteiger partial charge on any atom is -0.352 e. The molecule has 0 saturated heterocycles. The molecule has 7 nitrogen and oxygen atoms in total. The van der Waals surface area contributed by atoms with Gasteiger partial charge in [0.05, 0.1) is 0 Å². The summed E-state index contributed by atoms with van der Waals surface area (Å²) in [6, 6.07) is 0. The van der Waals surface area contributed by atoms with Crippen molar-refractivity contribution >= 4 is 11.7 Å². The van der Waals surface area contributed by atoms with E-state index in [0.717, 1.165) is 24.0 Å². The van der Waals surface area contributed by atoms with Crippen molar-refractivity contribution in [3.63, 3.8) is 0 Å². The van der Waals surface area contributed by atoms with Crippen LogP contribution in [-0.4, -0.2) is 45.1 Å². The van der Waals surface area contributed by atoms with Crippen molar-refractivity contribution in [1.82, 2.24) is 30.2 Å². The fraction of sp³-hybridized carbons (Fsp3) is 0.529. The zero-order valence-electron chi connectivity index (χ0n) is 15.2. The van der Waals surface area contributed by atoms with Crippen LogP contribution in [0.5, 0.6) is 0 Å². The highest BCUT2D eigenvalue weighted by molar-refractivity contribution is 5.76. The summed E-state index contributed by atoms with van der Waals surface area (Å²) in [6.07, 6.45) is -1.06. The van der Waals surface area contributed by atoms with Crippen LogP contribution in [0.2, 0.25) is 0 Å². The fourth-order valence-electron chi connectivity index (χ4n) is 3.06. The molecule has 0 unspecified atom stereocenters. The number of carbonyl (C=O) groups excluding carboxylic acids is 1. The second-order valence-electron chi connectivity index (χ2n) is 6.50. The van der Waals surface area contributed by atoms with Crippen molar-refractivity contribution < 1.29 is 18.0 Å². The monoisotopic (exact) mass is 382 g/mol. The van der Waals surface area contributed by atoms with E-state index in [4.69, 9.17) is 0 Å². The first-order chi connectivity index (χ1) is 12.8. The number of fused-ring (bicyclic) bond motifs is 1. The third kappa shape index (κ3) is 4.44. The van der Waals surface area contributed by atoms with E-state index < -0.39 is 12.0 Å². The number of alkyl halides is 3. The molecule has 27 heavy (non-hydrogen) atoms. The van der Waals surface area contributed by atoms with E-state index in [1.807, 2.05) is 0 Å². The molecule has 2 aromatic heterocycles. The maximum absolute atomic E-state index is 12.8. The normalized spacial score (nSPS) is 15.1. The number of carbonyl (C=O) groups is 1. The van der Waals surface area contributed by atoms with Crippen LogP contribution in [0.3, 0.4) is 0 Å². The SMILES string of the molecule is Cc1nc2nc(C(F)(F)F)nn2c(C)c1CCC(=O)NCC1=CCNCC1. The standard InChI is InChI=1S/C17H21F3N6O/c1-10-13(3-4-14(27)22-9-12-5-7-21-8-6-12)11(2)26-16(23-10)24-15(25-26)17(18,19)20/h5,21H,3-4,6-9H2,1-2H3,(H,22,27). The van der Waals surface area contributed by atoms with Gasteiger partial charge in [-0.15, -0.1) is 5.10 Å². The van der Waals surface area contributed by atoms with Crippen LogP contribution in [-0.2, 0) is 17.4 Å². The first kappa shape index (κ1) is 19.3. The minimum atomic E-state index is -4.63. The highest BCUT2D eigenvalue weighted by Crippen LogP contribution is 2.27. The summed E-state index contributed by atoms with van der Waals surface area (Å²) in [6.45, 7) is 5.59. The van der Waals surface area contributed by atoms with Gasteiger partial charge in [-0.25, -0.2) is 9.50 Å². The van der Waals surface area contributed by atoms with Gasteiger partial charge in [-0.3, -0.25) is 4.79 Å². The molecule has 0 radical (unpaired) electrons. The zero-order chi connectivity index (χ0) is 19.6. The Bertz CT molecular complexity index is 887. The fourth-order valence-corrected chi connectivity index (χ4v) is 3.06. The minimum absolute atomic E-state index is 0.0941. The number of nitrogens with zero attached hydrogens (tertiary/aromatic N) is 4. The molecule has 0 atom stereocenters. The van der Waals surface area contributed by atoms with E-state index >= 15 is 0 Å². The zero-order valence-corrected chi connectivity index (χ0v) is 15.2. The molecule has 3 rings (SSSR count). The molecular formula is C17H21F3N6O. The number of amides is 1. The molecule has 2 aromatic rings. The van der Waals surface area contributed by atoms with Crippen molar-refractivity contribution in [2.45, 2.75) is 39.3 Å². The third-order valence-electron chi connectivity index (χ3n) is 4.58. The molecule has 0 spiro atoms. The second kappa shape index (κ2) is 7.63. The topological polar surface area (TPSA) is 84.2 Å². The first-order valence-corrected chi connectivity index (χ1v) is 8.71. The number of hydrogen-bond acceptors (Lipinski definition) is 5. The predicted octanol–water partition coefficient (Wildman–Crippen LogP) is 1.73. The van der Waals surface area contributed by atoms with Gasteiger partial charge in [-0.2, -0.15) is 18.2 Å². The average Bonchev–Trinajstić information content (AvgIpc) is 3.05. The highest BCUT2D eigenvalue weighted by atomic mass is 19.4. The molecule has 0 bridgehead atoms. The number of aromatic nitrogens is 4. The first-order valence-electron chi connectivity index (χ1n) is 8.71. The second-order valence-corrected chi connectivity index (χ2v) is 6.50. The van der Waals surface area contributed by atoms with Crippen molar-refractivity contribution in [3.8, 4) is 0 Å². The quantitative estimate of drug-likeness (QED) is 0.770. The molecule has 10 heteroatoms. The molecule has 1 amide bonds. The van der Waals surface area contributed by atoms with E-state index in [0.29, 0.717) is 29.9 Å². The van der Waals surface area contributed by atoms with E-state index in [1.165, 1.54) is 5.57 Å². The molecule has 1 aliphatic heterocycles. The van der Waals surface area contributed by atoms with Gasteiger partial charge in [-0.05, 0) is 38.8 Å². The van der Waals surface area contributed by atoms with E-state index in [-0.39, 0.29) is 18.1 Å². The summed E-state index contributed by atoms with van der Waals surface area (Å²) in [7, 11) is 0.